The SMILES string of the molecule is CCC(CO)N(CC1=CCCN(Cc2ccccn2)C1)C(C)=O. The minimum atomic E-state index is -0.0976. The molecular weight excluding hydrogens is 290 g/mol. The first-order chi connectivity index (χ1) is 11.1. The summed E-state index contributed by atoms with van der Waals surface area (Å²) in [6.07, 6.45) is 5.81. The Bertz CT molecular complexity index is 526. The molecule has 1 aliphatic rings. The fourth-order valence-electron chi connectivity index (χ4n) is 3.02. The maximum absolute atomic E-state index is 11.9. The van der Waals surface area contributed by atoms with Crippen LogP contribution in [0.25, 0.3) is 0 Å². The largest absolute Gasteiger partial charge is 0.394 e. The van der Waals surface area contributed by atoms with Gasteiger partial charge in [0, 0.05) is 39.3 Å². The van der Waals surface area contributed by atoms with Crippen LogP contribution in [-0.2, 0) is 11.3 Å². The van der Waals surface area contributed by atoms with Crippen LogP contribution in [0.4, 0.5) is 0 Å². The van der Waals surface area contributed by atoms with E-state index in [0.717, 1.165) is 38.2 Å². The zero-order valence-electron chi connectivity index (χ0n) is 14.1. The fraction of sp³-hybridized carbons (Fsp3) is 0.556. The number of rotatable bonds is 7. The maximum atomic E-state index is 11.9. The van der Waals surface area contributed by atoms with Crippen LogP contribution in [0.2, 0.25) is 0 Å². The first kappa shape index (κ1) is 17.6. The Balaban J connectivity index is 1.97. The zero-order valence-corrected chi connectivity index (χ0v) is 14.1. The lowest BCUT2D eigenvalue weighted by molar-refractivity contribution is -0.131. The van der Waals surface area contributed by atoms with Gasteiger partial charge >= 0.3 is 0 Å². The van der Waals surface area contributed by atoms with Gasteiger partial charge in [0.1, 0.15) is 0 Å². The van der Waals surface area contributed by atoms with Gasteiger partial charge < -0.3 is 10.0 Å². The zero-order chi connectivity index (χ0) is 16.7. The highest BCUT2D eigenvalue weighted by Gasteiger charge is 2.22. The van der Waals surface area contributed by atoms with Gasteiger partial charge in [0.15, 0.2) is 0 Å². The van der Waals surface area contributed by atoms with Crippen molar-refractivity contribution >= 4 is 5.91 Å². The lowest BCUT2D eigenvalue weighted by Crippen LogP contribution is -2.44. The monoisotopic (exact) mass is 317 g/mol. The van der Waals surface area contributed by atoms with Crippen molar-refractivity contribution in [1.82, 2.24) is 14.8 Å². The van der Waals surface area contributed by atoms with Crippen molar-refractivity contribution < 1.29 is 9.90 Å². The second-order valence-corrected chi connectivity index (χ2v) is 6.07. The number of carbonyl (C=O) groups excluding carboxylic acids is 1. The number of aliphatic hydroxyl groups is 1. The van der Waals surface area contributed by atoms with Crippen LogP contribution >= 0.6 is 0 Å². The highest BCUT2D eigenvalue weighted by molar-refractivity contribution is 5.74. The summed E-state index contributed by atoms with van der Waals surface area (Å²) in [5, 5.41) is 9.49. The number of hydrogen-bond donors (Lipinski definition) is 1. The number of nitrogens with zero attached hydrogens (tertiary/aromatic N) is 3. The second-order valence-electron chi connectivity index (χ2n) is 6.07. The molecule has 1 aliphatic heterocycles. The molecule has 1 amide bonds. The van der Waals surface area contributed by atoms with Crippen LogP contribution in [0.3, 0.4) is 0 Å². The van der Waals surface area contributed by atoms with Gasteiger partial charge in [0.25, 0.3) is 0 Å². The predicted octanol–water partition coefficient (Wildman–Crippen LogP) is 1.83. The number of aliphatic hydroxyl groups excluding tert-OH is 1. The maximum Gasteiger partial charge on any atom is 0.220 e. The van der Waals surface area contributed by atoms with Gasteiger partial charge in [-0.05, 0) is 30.5 Å². The molecule has 5 heteroatoms. The van der Waals surface area contributed by atoms with Crippen LogP contribution in [0.15, 0.2) is 36.0 Å². The van der Waals surface area contributed by atoms with E-state index in [9.17, 15) is 9.90 Å². The normalized spacial score (nSPS) is 16.7. The molecule has 126 valence electrons. The Morgan fingerprint density at radius 2 is 2.30 bits per heavy atom. The van der Waals surface area contributed by atoms with E-state index in [1.807, 2.05) is 31.3 Å². The topological polar surface area (TPSA) is 56.7 Å². The van der Waals surface area contributed by atoms with Gasteiger partial charge in [-0.15, -0.1) is 0 Å². The Kier molecular flexibility index (Phi) is 6.74. The summed E-state index contributed by atoms with van der Waals surface area (Å²) >= 11 is 0. The fourth-order valence-corrected chi connectivity index (χ4v) is 3.02. The minimum absolute atomic E-state index is 0.0149. The van der Waals surface area contributed by atoms with Crippen molar-refractivity contribution in [3.05, 3.63) is 41.7 Å². The number of amides is 1. The van der Waals surface area contributed by atoms with Crippen molar-refractivity contribution in [2.24, 2.45) is 0 Å². The van der Waals surface area contributed by atoms with Gasteiger partial charge in [0.05, 0.1) is 18.3 Å². The van der Waals surface area contributed by atoms with Crippen molar-refractivity contribution in [3.8, 4) is 0 Å². The summed E-state index contributed by atoms with van der Waals surface area (Å²) in [7, 11) is 0. The molecule has 1 aromatic rings. The highest BCUT2D eigenvalue weighted by Crippen LogP contribution is 2.16. The summed E-state index contributed by atoms with van der Waals surface area (Å²) < 4.78 is 0. The Morgan fingerprint density at radius 3 is 2.91 bits per heavy atom. The summed E-state index contributed by atoms with van der Waals surface area (Å²) in [4.78, 5) is 20.4. The molecule has 2 heterocycles. The average molecular weight is 317 g/mol. The average Bonchev–Trinajstić information content (AvgIpc) is 2.56. The number of hydrogen-bond acceptors (Lipinski definition) is 4. The van der Waals surface area contributed by atoms with E-state index in [4.69, 9.17) is 0 Å². The van der Waals surface area contributed by atoms with E-state index < -0.39 is 0 Å². The lowest BCUT2D eigenvalue weighted by Gasteiger charge is -2.33. The van der Waals surface area contributed by atoms with E-state index in [2.05, 4.69) is 16.0 Å². The molecule has 5 nitrogen and oxygen atoms in total. The first-order valence-corrected chi connectivity index (χ1v) is 8.32. The lowest BCUT2D eigenvalue weighted by atomic mass is 10.1. The molecule has 0 aliphatic carbocycles. The minimum Gasteiger partial charge on any atom is -0.394 e. The van der Waals surface area contributed by atoms with Gasteiger partial charge in [0.2, 0.25) is 5.91 Å². The van der Waals surface area contributed by atoms with Crippen molar-refractivity contribution in [2.45, 2.75) is 39.3 Å². The summed E-state index contributed by atoms with van der Waals surface area (Å²) in [5.74, 6) is 0.0219. The Hall–Kier alpha value is -1.72. The van der Waals surface area contributed by atoms with Crippen LogP contribution in [0.5, 0.6) is 0 Å². The first-order valence-electron chi connectivity index (χ1n) is 8.32. The van der Waals surface area contributed by atoms with E-state index >= 15 is 0 Å². The summed E-state index contributed by atoms with van der Waals surface area (Å²) in [6, 6.07) is 5.88. The number of carbonyl (C=O) groups is 1. The predicted molar refractivity (Wildman–Crippen MR) is 90.8 cm³/mol. The van der Waals surface area contributed by atoms with Crippen LogP contribution in [0, 0.1) is 0 Å². The number of pyridine rings is 1. The second kappa shape index (κ2) is 8.79. The van der Waals surface area contributed by atoms with Gasteiger partial charge in [-0.2, -0.15) is 0 Å². The molecule has 1 atom stereocenters. The molecule has 0 fully saturated rings. The highest BCUT2D eigenvalue weighted by atomic mass is 16.3. The van der Waals surface area contributed by atoms with Crippen molar-refractivity contribution in [2.75, 3.05) is 26.2 Å². The van der Waals surface area contributed by atoms with Crippen LogP contribution < -0.4 is 0 Å². The molecular formula is C18H27N3O2. The quantitative estimate of drug-likeness (QED) is 0.780. The molecule has 1 aromatic heterocycles. The van der Waals surface area contributed by atoms with Crippen LogP contribution in [0.1, 0.15) is 32.4 Å². The van der Waals surface area contributed by atoms with Crippen molar-refractivity contribution in [3.63, 3.8) is 0 Å². The van der Waals surface area contributed by atoms with E-state index in [-0.39, 0.29) is 18.6 Å². The molecule has 0 aromatic carbocycles. The molecule has 0 saturated carbocycles. The third kappa shape index (κ3) is 5.15. The molecule has 0 bridgehead atoms. The molecule has 1 N–H and O–H groups in total. The van der Waals surface area contributed by atoms with Crippen molar-refractivity contribution in [1.29, 1.82) is 0 Å². The third-order valence-electron chi connectivity index (χ3n) is 4.32. The number of aromatic nitrogens is 1. The summed E-state index contributed by atoms with van der Waals surface area (Å²) in [6.45, 7) is 6.88. The van der Waals surface area contributed by atoms with Gasteiger partial charge in [-0.1, -0.05) is 19.1 Å². The van der Waals surface area contributed by atoms with Crippen LogP contribution in [-0.4, -0.2) is 58.1 Å². The molecule has 1 unspecified atom stereocenters. The van der Waals surface area contributed by atoms with E-state index in [0.29, 0.717) is 6.54 Å². The molecule has 23 heavy (non-hydrogen) atoms. The third-order valence-corrected chi connectivity index (χ3v) is 4.32. The molecule has 2 rings (SSSR count). The summed E-state index contributed by atoms with van der Waals surface area (Å²) in [5.41, 5.74) is 2.31. The Morgan fingerprint density at radius 1 is 1.48 bits per heavy atom. The standard InChI is InChI=1S/C18H27N3O2/c1-3-18(14-22)21(15(2)23)12-16-7-6-10-20(11-16)13-17-8-4-5-9-19-17/h4-5,7-9,18,22H,3,6,10-14H2,1-2H3. The Labute approximate surface area is 138 Å². The van der Waals surface area contributed by atoms with Gasteiger partial charge in [-0.3, -0.25) is 14.7 Å². The van der Waals surface area contributed by atoms with E-state index in [1.54, 1.807) is 11.8 Å². The van der Waals surface area contributed by atoms with E-state index in [1.165, 1.54) is 5.57 Å². The van der Waals surface area contributed by atoms with Gasteiger partial charge in [-0.25, -0.2) is 0 Å². The smallest absolute Gasteiger partial charge is 0.220 e. The molecule has 0 spiro atoms. The molecule has 0 radical (unpaired) electrons. The molecule has 0 saturated heterocycles.